The Morgan fingerprint density at radius 2 is 1.66 bits per heavy atom. The summed E-state index contributed by atoms with van der Waals surface area (Å²) in [5.41, 5.74) is 6.20. The van der Waals surface area contributed by atoms with Gasteiger partial charge in [-0.2, -0.15) is 10.4 Å². The van der Waals surface area contributed by atoms with Crippen molar-refractivity contribution < 1.29 is 19.1 Å². The zero-order valence-electron chi connectivity index (χ0n) is 36.2. The number of anilines is 1. The predicted octanol–water partition coefficient (Wildman–Crippen LogP) is 7.40. The van der Waals surface area contributed by atoms with Gasteiger partial charge >= 0.3 is 0 Å². The van der Waals surface area contributed by atoms with E-state index in [1.807, 2.05) is 17.2 Å². The molecule has 330 valence electrons. The summed E-state index contributed by atoms with van der Waals surface area (Å²) in [7, 11) is 0. The second-order valence-electron chi connectivity index (χ2n) is 18.2. The third kappa shape index (κ3) is 8.62. The Morgan fingerprint density at radius 1 is 0.859 bits per heavy atom. The number of ether oxygens (including phenoxy) is 1. The molecule has 15 heteroatoms. The van der Waals surface area contributed by atoms with Crippen molar-refractivity contribution in [3.63, 3.8) is 0 Å². The quantitative estimate of drug-likeness (QED) is 0.158. The highest BCUT2D eigenvalue weighted by Crippen LogP contribution is 2.42. The first kappa shape index (κ1) is 41.9. The normalized spacial score (nSPS) is 20.7. The molecule has 0 bridgehead atoms. The Kier molecular flexibility index (Phi) is 11.7. The number of nitriles is 1. The Labute approximate surface area is 377 Å². The zero-order valence-corrected chi connectivity index (χ0v) is 37.0. The number of rotatable bonds is 9. The minimum atomic E-state index is -0.243. The first-order chi connectivity index (χ1) is 31.2. The third-order valence-corrected chi connectivity index (χ3v) is 14.4. The third-order valence-electron chi connectivity index (χ3n) is 14.1. The fourth-order valence-corrected chi connectivity index (χ4v) is 10.4. The van der Waals surface area contributed by atoms with Crippen LogP contribution in [-0.2, 0) is 22.6 Å². The maximum absolute atomic E-state index is 13.9. The van der Waals surface area contributed by atoms with Crippen molar-refractivity contribution in [3.8, 4) is 23.1 Å². The first-order valence-electron chi connectivity index (χ1n) is 23.0. The lowest BCUT2D eigenvalue weighted by molar-refractivity contribution is -0.137. The van der Waals surface area contributed by atoms with E-state index in [0.29, 0.717) is 67.3 Å². The van der Waals surface area contributed by atoms with E-state index >= 15 is 0 Å². The molecule has 4 fully saturated rings. The van der Waals surface area contributed by atoms with Crippen molar-refractivity contribution in [1.29, 1.82) is 5.26 Å². The summed E-state index contributed by atoms with van der Waals surface area (Å²) in [4.78, 5) is 50.6. The number of benzene rings is 2. The highest BCUT2D eigenvalue weighted by Gasteiger charge is 2.35. The molecule has 3 amide bonds. The number of likely N-dealkylation sites (tertiary alicyclic amines) is 1. The average molecular weight is 881 g/mol. The van der Waals surface area contributed by atoms with Crippen molar-refractivity contribution in [1.82, 2.24) is 40.1 Å². The van der Waals surface area contributed by atoms with Gasteiger partial charge in [-0.3, -0.25) is 24.0 Å². The fraction of sp³-hybridized carbons (Fsp3) is 0.469. The van der Waals surface area contributed by atoms with Gasteiger partial charge in [-0.1, -0.05) is 29.8 Å². The number of amides is 3. The molecule has 3 aliphatic heterocycles. The molecule has 5 aliphatic rings. The topological polar surface area (TPSA) is 162 Å². The largest absolute Gasteiger partial charge is 0.490 e. The second kappa shape index (κ2) is 17.8. The second-order valence-corrected chi connectivity index (χ2v) is 18.6. The van der Waals surface area contributed by atoms with E-state index in [-0.39, 0.29) is 47.5 Å². The first-order valence-corrected chi connectivity index (χ1v) is 23.4. The molecular formula is C49H53ClN10O4. The van der Waals surface area contributed by atoms with Gasteiger partial charge < -0.3 is 24.8 Å². The lowest BCUT2D eigenvalue weighted by atomic mass is 9.92. The Bertz CT molecular complexity index is 2620. The van der Waals surface area contributed by atoms with Crippen LogP contribution >= 0.6 is 11.6 Å². The van der Waals surface area contributed by atoms with Crippen LogP contribution in [0, 0.1) is 17.2 Å². The van der Waals surface area contributed by atoms with Crippen LogP contribution in [0.5, 0.6) is 5.75 Å². The van der Waals surface area contributed by atoms with Crippen LogP contribution in [0.3, 0.4) is 0 Å². The fourth-order valence-electron chi connectivity index (χ4n) is 10.2. The predicted molar refractivity (Wildman–Crippen MR) is 242 cm³/mol. The van der Waals surface area contributed by atoms with E-state index in [2.05, 4.69) is 60.3 Å². The number of fused-ring (bicyclic) bond motifs is 2. The number of nitrogens with one attached hydrogen (secondary N) is 1. The molecule has 0 radical (unpaired) electrons. The molecule has 2 aromatic carbocycles. The van der Waals surface area contributed by atoms with E-state index in [1.165, 1.54) is 29.6 Å². The van der Waals surface area contributed by atoms with E-state index in [4.69, 9.17) is 31.7 Å². The van der Waals surface area contributed by atoms with Crippen molar-refractivity contribution in [3.05, 3.63) is 94.0 Å². The Balaban J connectivity index is 0.716. The van der Waals surface area contributed by atoms with E-state index < -0.39 is 0 Å². The lowest BCUT2D eigenvalue weighted by Gasteiger charge is -2.38. The van der Waals surface area contributed by atoms with Crippen LogP contribution in [0.1, 0.15) is 116 Å². The molecule has 0 spiro atoms. The average Bonchev–Trinajstić information content (AvgIpc) is 4.12. The summed E-state index contributed by atoms with van der Waals surface area (Å²) < 4.78 is 8.34. The number of aromatic nitrogens is 5. The number of carbonyl (C=O) groups is 3. The van der Waals surface area contributed by atoms with Crippen LogP contribution in [0.25, 0.3) is 22.0 Å². The SMILES string of the molecule is CC(=O)N1CCc2c(c(-c3cccc4cc(C5CC5)ncc34)nn2C2CCN(C(=O)C3CCN(c4ccc(C(=O)NC5CCC(Oc6ccc(C#N)c(Cl)c6)CC5)nn4)CC3)CC2)C1. The molecule has 2 aliphatic carbocycles. The molecule has 6 heterocycles. The van der Waals surface area contributed by atoms with Gasteiger partial charge in [0.1, 0.15) is 11.8 Å². The molecule has 3 aromatic heterocycles. The summed E-state index contributed by atoms with van der Waals surface area (Å²) in [5, 5.41) is 28.9. The minimum absolute atomic E-state index is 0.0127. The van der Waals surface area contributed by atoms with Crippen LogP contribution in [0.15, 0.2) is 60.8 Å². The Morgan fingerprint density at radius 3 is 2.36 bits per heavy atom. The van der Waals surface area contributed by atoms with Gasteiger partial charge in [-0.15, -0.1) is 10.2 Å². The molecule has 5 aromatic rings. The van der Waals surface area contributed by atoms with Crippen molar-refractivity contribution in [2.45, 2.75) is 108 Å². The van der Waals surface area contributed by atoms with Gasteiger partial charge in [-0.25, -0.2) is 0 Å². The van der Waals surface area contributed by atoms with Gasteiger partial charge in [0, 0.05) is 111 Å². The van der Waals surface area contributed by atoms with Crippen LogP contribution in [-0.4, -0.2) is 97.4 Å². The highest BCUT2D eigenvalue weighted by atomic mass is 35.5. The molecule has 10 rings (SSSR count). The Hall–Kier alpha value is -6.07. The standard InChI is InChI=1S/C49H53ClN10O4/c1-30(61)59-24-19-45-41(29-59)47(39-4-2-3-33-25-44(31-5-6-31)52-28-40(33)39)56-60(45)36-17-22-58(23-18-36)49(63)32-15-20-57(21-16-32)46-14-13-43(54-55-46)48(62)53-35-8-11-37(12-9-35)64-38-10-7-34(27-51)42(50)26-38/h2-4,7,10,13-14,25-26,28,31-32,35-37H,5-6,8-9,11-12,15-24,29H2,1H3,(H,53,62). The molecular weight excluding hydrogens is 828 g/mol. The summed E-state index contributed by atoms with van der Waals surface area (Å²) in [6.07, 6.45) is 11.4. The van der Waals surface area contributed by atoms with E-state index in [0.717, 1.165) is 80.0 Å². The highest BCUT2D eigenvalue weighted by molar-refractivity contribution is 6.31. The minimum Gasteiger partial charge on any atom is -0.490 e. The zero-order chi connectivity index (χ0) is 43.9. The molecule has 14 nitrogen and oxygen atoms in total. The van der Waals surface area contributed by atoms with Crippen molar-refractivity contribution >= 4 is 45.9 Å². The number of nitrogens with zero attached hydrogens (tertiary/aromatic N) is 9. The number of hydrogen-bond donors (Lipinski definition) is 1. The molecule has 0 unspecified atom stereocenters. The summed E-state index contributed by atoms with van der Waals surface area (Å²) in [6, 6.07) is 19.6. The summed E-state index contributed by atoms with van der Waals surface area (Å²) >= 11 is 6.17. The van der Waals surface area contributed by atoms with Crippen LogP contribution < -0.4 is 15.0 Å². The summed E-state index contributed by atoms with van der Waals surface area (Å²) in [5.74, 6) is 1.94. The molecule has 2 saturated carbocycles. The number of halogens is 1. The molecule has 0 atom stereocenters. The van der Waals surface area contributed by atoms with Crippen molar-refractivity contribution in [2.24, 2.45) is 5.92 Å². The maximum atomic E-state index is 13.9. The van der Waals surface area contributed by atoms with Gasteiger partial charge in [0.2, 0.25) is 11.8 Å². The van der Waals surface area contributed by atoms with Gasteiger partial charge in [0.25, 0.3) is 5.91 Å². The van der Waals surface area contributed by atoms with Gasteiger partial charge in [0.05, 0.1) is 28.4 Å². The molecule has 2 saturated heterocycles. The number of piperidine rings is 2. The molecule has 1 N–H and O–H groups in total. The maximum Gasteiger partial charge on any atom is 0.272 e. The smallest absolute Gasteiger partial charge is 0.272 e. The lowest BCUT2D eigenvalue weighted by Crippen LogP contribution is -2.46. The number of carbonyl (C=O) groups excluding carboxylic acids is 3. The van der Waals surface area contributed by atoms with Gasteiger partial charge in [-0.05, 0) is 99.9 Å². The molecule has 64 heavy (non-hydrogen) atoms. The number of pyridine rings is 1. The number of hydrogen-bond acceptors (Lipinski definition) is 10. The monoisotopic (exact) mass is 880 g/mol. The summed E-state index contributed by atoms with van der Waals surface area (Å²) in [6.45, 7) is 5.63. The van der Waals surface area contributed by atoms with E-state index in [9.17, 15) is 14.4 Å². The van der Waals surface area contributed by atoms with Crippen molar-refractivity contribution in [2.75, 3.05) is 37.6 Å². The van der Waals surface area contributed by atoms with E-state index in [1.54, 1.807) is 31.2 Å². The van der Waals surface area contributed by atoms with Crippen LogP contribution in [0.4, 0.5) is 5.82 Å². The van der Waals surface area contributed by atoms with Gasteiger partial charge in [0.15, 0.2) is 11.5 Å². The van der Waals surface area contributed by atoms with Crippen LogP contribution in [0.2, 0.25) is 5.02 Å².